The summed E-state index contributed by atoms with van der Waals surface area (Å²) < 4.78 is 11.2. The van der Waals surface area contributed by atoms with Gasteiger partial charge >= 0.3 is 0 Å². The third-order valence-electron chi connectivity index (χ3n) is 4.55. The van der Waals surface area contributed by atoms with Crippen LogP contribution in [-0.2, 0) is 11.3 Å². The van der Waals surface area contributed by atoms with Gasteiger partial charge in [-0.2, -0.15) is 0 Å². The second-order valence-corrected chi connectivity index (χ2v) is 6.10. The molecule has 0 radical (unpaired) electrons. The lowest BCUT2D eigenvalue weighted by atomic mass is 10.1. The average Bonchev–Trinajstić information content (AvgIpc) is 3.15. The van der Waals surface area contributed by atoms with Gasteiger partial charge in [-0.05, 0) is 19.4 Å². The molecule has 2 aromatic rings. The van der Waals surface area contributed by atoms with E-state index in [1.54, 1.807) is 7.11 Å². The summed E-state index contributed by atoms with van der Waals surface area (Å²) in [5.41, 5.74) is 2.14. The third kappa shape index (κ3) is 4.03. The summed E-state index contributed by atoms with van der Waals surface area (Å²) in [6.07, 6.45) is 1.15. The molecule has 1 unspecified atom stereocenters. The molecule has 1 aromatic heterocycles. The van der Waals surface area contributed by atoms with Crippen molar-refractivity contribution in [2.45, 2.75) is 19.9 Å². The molecule has 24 heavy (non-hydrogen) atoms. The molecule has 0 saturated carbocycles. The minimum absolute atomic E-state index is 0. The van der Waals surface area contributed by atoms with Crippen LogP contribution in [0.2, 0.25) is 0 Å². The predicted molar refractivity (Wildman–Crippen MR) is 108 cm³/mol. The van der Waals surface area contributed by atoms with Crippen molar-refractivity contribution < 1.29 is 9.15 Å². The van der Waals surface area contributed by atoms with Crippen LogP contribution in [0.1, 0.15) is 17.7 Å². The Balaban J connectivity index is 0.00000208. The number of ether oxygens (including phenoxy) is 1. The Morgan fingerprint density at radius 1 is 1.42 bits per heavy atom. The topological polar surface area (TPSA) is 50.0 Å². The molecule has 1 atom stereocenters. The lowest BCUT2D eigenvalue weighted by Gasteiger charge is -2.21. The smallest absolute Gasteiger partial charge is 0.194 e. The Bertz CT molecular complexity index is 699. The molecule has 1 aliphatic rings. The van der Waals surface area contributed by atoms with Crippen LogP contribution >= 0.6 is 24.0 Å². The Morgan fingerprint density at radius 2 is 2.21 bits per heavy atom. The fourth-order valence-electron chi connectivity index (χ4n) is 3.28. The number of methoxy groups -OCH3 is 1. The van der Waals surface area contributed by atoms with Gasteiger partial charge in [0.2, 0.25) is 0 Å². The SMILES string of the molecule is CN=C(NCc1oc2ccccc2c1C)N1CCC(COC)C1.I. The van der Waals surface area contributed by atoms with Crippen LogP contribution in [0.4, 0.5) is 0 Å². The van der Waals surface area contributed by atoms with Crippen LogP contribution in [0, 0.1) is 12.8 Å². The molecular formula is C18H26IN3O2. The van der Waals surface area contributed by atoms with Crippen LogP contribution < -0.4 is 5.32 Å². The number of hydrogen-bond acceptors (Lipinski definition) is 3. The number of para-hydroxylation sites is 1. The van der Waals surface area contributed by atoms with Gasteiger partial charge in [0.05, 0.1) is 13.2 Å². The number of benzene rings is 1. The number of nitrogens with one attached hydrogen (secondary N) is 1. The van der Waals surface area contributed by atoms with Crippen LogP contribution in [0.5, 0.6) is 0 Å². The van der Waals surface area contributed by atoms with E-state index in [-0.39, 0.29) is 24.0 Å². The third-order valence-corrected chi connectivity index (χ3v) is 4.55. The fraction of sp³-hybridized carbons (Fsp3) is 0.500. The summed E-state index contributed by atoms with van der Waals surface area (Å²) in [4.78, 5) is 6.71. The van der Waals surface area contributed by atoms with Gasteiger partial charge < -0.3 is 19.4 Å². The summed E-state index contributed by atoms with van der Waals surface area (Å²) in [7, 11) is 3.59. The maximum Gasteiger partial charge on any atom is 0.194 e. The van der Waals surface area contributed by atoms with E-state index in [4.69, 9.17) is 9.15 Å². The fourth-order valence-corrected chi connectivity index (χ4v) is 3.28. The number of hydrogen-bond donors (Lipinski definition) is 1. The summed E-state index contributed by atoms with van der Waals surface area (Å²) in [6.45, 7) is 5.59. The number of guanidine groups is 1. The van der Waals surface area contributed by atoms with E-state index in [1.807, 2.05) is 25.2 Å². The van der Waals surface area contributed by atoms with Crippen LogP contribution in [0.3, 0.4) is 0 Å². The second-order valence-electron chi connectivity index (χ2n) is 6.10. The molecule has 1 N–H and O–H groups in total. The second kappa shape index (κ2) is 8.71. The Labute approximate surface area is 160 Å². The number of aryl methyl sites for hydroxylation is 1. The van der Waals surface area contributed by atoms with Crippen molar-refractivity contribution in [2.24, 2.45) is 10.9 Å². The van der Waals surface area contributed by atoms with E-state index in [1.165, 1.54) is 10.9 Å². The molecule has 0 spiro atoms. The number of fused-ring (bicyclic) bond motifs is 1. The van der Waals surface area contributed by atoms with Crippen molar-refractivity contribution in [3.8, 4) is 0 Å². The first kappa shape index (κ1) is 19.1. The summed E-state index contributed by atoms with van der Waals surface area (Å²) in [6, 6.07) is 8.15. The Morgan fingerprint density at radius 3 is 2.92 bits per heavy atom. The van der Waals surface area contributed by atoms with E-state index in [2.05, 4.69) is 28.2 Å². The van der Waals surface area contributed by atoms with Gasteiger partial charge in [-0.3, -0.25) is 4.99 Å². The van der Waals surface area contributed by atoms with Gasteiger partial charge in [0.1, 0.15) is 11.3 Å². The zero-order valence-electron chi connectivity index (χ0n) is 14.5. The zero-order chi connectivity index (χ0) is 16.2. The van der Waals surface area contributed by atoms with Crippen LogP contribution in [-0.4, -0.2) is 44.7 Å². The monoisotopic (exact) mass is 443 g/mol. The van der Waals surface area contributed by atoms with Crippen molar-refractivity contribution in [2.75, 3.05) is 33.9 Å². The minimum atomic E-state index is 0. The van der Waals surface area contributed by atoms with Crippen molar-refractivity contribution >= 4 is 40.9 Å². The highest BCUT2D eigenvalue weighted by molar-refractivity contribution is 14.0. The molecule has 132 valence electrons. The summed E-state index contributed by atoms with van der Waals surface area (Å²) >= 11 is 0. The number of rotatable bonds is 4. The quantitative estimate of drug-likeness (QED) is 0.447. The molecule has 1 aromatic carbocycles. The summed E-state index contributed by atoms with van der Waals surface area (Å²) in [5.74, 6) is 2.50. The number of aliphatic imine (C=N–C) groups is 1. The summed E-state index contributed by atoms with van der Waals surface area (Å²) in [5, 5.41) is 4.61. The molecule has 1 aliphatic heterocycles. The van der Waals surface area contributed by atoms with Crippen molar-refractivity contribution in [3.63, 3.8) is 0 Å². The number of likely N-dealkylation sites (tertiary alicyclic amines) is 1. The lowest BCUT2D eigenvalue weighted by molar-refractivity contribution is 0.157. The zero-order valence-corrected chi connectivity index (χ0v) is 16.9. The van der Waals surface area contributed by atoms with E-state index >= 15 is 0 Å². The van der Waals surface area contributed by atoms with Gasteiger partial charge in [0, 0.05) is 44.1 Å². The first-order valence-corrected chi connectivity index (χ1v) is 8.14. The standard InChI is InChI=1S/C18H25N3O2.HI/c1-13-15-6-4-5-7-16(15)23-17(13)10-20-18(19-2)21-9-8-14(11-21)12-22-3;/h4-7,14H,8-12H2,1-3H3,(H,19,20);1H. The maximum atomic E-state index is 5.96. The van der Waals surface area contributed by atoms with Gasteiger partial charge in [0.25, 0.3) is 0 Å². The van der Waals surface area contributed by atoms with Crippen LogP contribution in [0.25, 0.3) is 11.0 Å². The minimum Gasteiger partial charge on any atom is -0.459 e. The molecule has 1 saturated heterocycles. The molecule has 5 nitrogen and oxygen atoms in total. The molecule has 0 amide bonds. The van der Waals surface area contributed by atoms with Gasteiger partial charge in [-0.15, -0.1) is 24.0 Å². The van der Waals surface area contributed by atoms with Gasteiger partial charge in [0.15, 0.2) is 5.96 Å². The molecule has 0 bridgehead atoms. The number of furan rings is 1. The average molecular weight is 443 g/mol. The molecular weight excluding hydrogens is 417 g/mol. The van der Waals surface area contributed by atoms with Crippen LogP contribution in [0.15, 0.2) is 33.7 Å². The van der Waals surface area contributed by atoms with E-state index in [0.717, 1.165) is 43.4 Å². The van der Waals surface area contributed by atoms with Gasteiger partial charge in [-0.25, -0.2) is 0 Å². The van der Waals surface area contributed by atoms with Crippen molar-refractivity contribution in [1.82, 2.24) is 10.2 Å². The lowest BCUT2D eigenvalue weighted by Crippen LogP contribution is -2.39. The maximum absolute atomic E-state index is 5.96. The highest BCUT2D eigenvalue weighted by atomic mass is 127. The van der Waals surface area contributed by atoms with Crippen molar-refractivity contribution in [1.29, 1.82) is 0 Å². The van der Waals surface area contributed by atoms with Gasteiger partial charge in [-0.1, -0.05) is 18.2 Å². The highest BCUT2D eigenvalue weighted by Gasteiger charge is 2.24. The first-order valence-electron chi connectivity index (χ1n) is 8.14. The molecule has 3 rings (SSSR count). The number of nitrogens with zero attached hydrogens (tertiary/aromatic N) is 2. The largest absolute Gasteiger partial charge is 0.459 e. The van der Waals surface area contributed by atoms with E-state index in [0.29, 0.717) is 12.5 Å². The Hall–Kier alpha value is -1.28. The molecule has 2 heterocycles. The normalized spacial score (nSPS) is 18.0. The Kier molecular flexibility index (Phi) is 6.91. The molecule has 1 fully saturated rings. The highest BCUT2D eigenvalue weighted by Crippen LogP contribution is 2.25. The number of halogens is 1. The van der Waals surface area contributed by atoms with E-state index < -0.39 is 0 Å². The van der Waals surface area contributed by atoms with Crippen molar-refractivity contribution in [3.05, 3.63) is 35.6 Å². The predicted octanol–water partition coefficient (Wildman–Crippen LogP) is 3.40. The molecule has 0 aliphatic carbocycles. The van der Waals surface area contributed by atoms with E-state index in [9.17, 15) is 0 Å². The first-order chi connectivity index (χ1) is 11.2. The molecule has 6 heteroatoms.